The van der Waals surface area contributed by atoms with Crippen molar-refractivity contribution in [3.63, 3.8) is 0 Å². The highest BCUT2D eigenvalue weighted by Crippen LogP contribution is 2.32. The summed E-state index contributed by atoms with van der Waals surface area (Å²) < 4.78 is 0. The third-order valence-corrected chi connectivity index (χ3v) is 3.03. The number of nitrogens with one attached hydrogen (secondary N) is 1. The minimum absolute atomic E-state index is 0.885. The molecule has 0 saturated heterocycles. The van der Waals surface area contributed by atoms with Crippen molar-refractivity contribution in [1.82, 2.24) is 10.4 Å². The van der Waals surface area contributed by atoms with Gasteiger partial charge in [-0.25, -0.2) is 10.4 Å². The zero-order valence-electron chi connectivity index (χ0n) is 7.47. The van der Waals surface area contributed by atoms with Gasteiger partial charge in [0.1, 0.15) is 0 Å². The molecule has 1 aromatic heterocycles. The number of nitrogens with zero attached hydrogens (tertiary/aromatic N) is 2. The molecule has 2 heterocycles. The monoisotopic (exact) mass is 203 g/mol. The molecular formula is C10H9N3S. The number of thiazole rings is 1. The van der Waals surface area contributed by atoms with Crippen molar-refractivity contribution >= 4 is 22.2 Å². The summed E-state index contributed by atoms with van der Waals surface area (Å²) >= 11 is 1.64. The number of fused-ring (bicyclic) bond motifs is 1. The van der Waals surface area contributed by atoms with E-state index in [4.69, 9.17) is 0 Å². The Hall–Kier alpha value is -1.39. The van der Waals surface area contributed by atoms with Crippen molar-refractivity contribution in [2.24, 2.45) is 0 Å². The van der Waals surface area contributed by atoms with Crippen LogP contribution in [0.2, 0.25) is 0 Å². The number of para-hydroxylation sites is 1. The van der Waals surface area contributed by atoms with Crippen LogP contribution >= 0.6 is 11.3 Å². The molecular weight excluding hydrogens is 194 g/mol. The van der Waals surface area contributed by atoms with Crippen LogP contribution in [0.5, 0.6) is 0 Å². The zero-order chi connectivity index (χ0) is 9.38. The highest BCUT2D eigenvalue weighted by Gasteiger charge is 2.20. The second-order valence-corrected chi connectivity index (χ2v) is 3.99. The molecule has 0 spiro atoms. The van der Waals surface area contributed by atoms with Crippen LogP contribution < -0.4 is 10.4 Å². The zero-order valence-corrected chi connectivity index (χ0v) is 8.29. The van der Waals surface area contributed by atoms with E-state index in [1.165, 1.54) is 11.3 Å². The summed E-state index contributed by atoms with van der Waals surface area (Å²) in [6, 6.07) is 8.35. The summed E-state index contributed by atoms with van der Waals surface area (Å²) in [7, 11) is 0. The average Bonchev–Trinajstić information content (AvgIpc) is 2.85. The molecule has 1 aromatic carbocycles. The molecule has 0 aliphatic carbocycles. The van der Waals surface area contributed by atoms with E-state index < -0.39 is 0 Å². The van der Waals surface area contributed by atoms with Crippen LogP contribution in [0.15, 0.2) is 35.8 Å². The first-order chi connectivity index (χ1) is 6.95. The molecule has 1 N–H and O–H groups in total. The molecule has 0 unspecified atom stereocenters. The fraction of sp³-hybridized carbons (Fsp3) is 0.100. The quantitative estimate of drug-likeness (QED) is 0.770. The fourth-order valence-corrected chi connectivity index (χ4v) is 2.26. The molecule has 3 rings (SSSR count). The maximum absolute atomic E-state index is 4.28. The second-order valence-electron chi connectivity index (χ2n) is 3.11. The van der Waals surface area contributed by atoms with E-state index in [0.717, 1.165) is 11.7 Å². The summed E-state index contributed by atoms with van der Waals surface area (Å²) in [5, 5.41) is 5.02. The molecule has 3 nitrogen and oxygen atoms in total. The Balaban J connectivity index is 2.06. The normalized spacial score (nSPS) is 14.4. The van der Waals surface area contributed by atoms with Crippen LogP contribution in [0.3, 0.4) is 0 Å². The van der Waals surface area contributed by atoms with Gasteiger partial charge in [-0.2, -0.15) is 0 Å². The highest BCUT2D eigenvalue weighted by atomic mass is 32.1. The van der Waals surface area contributed by atoms with Gasteiger partial charge in [-0.3, -0.25) is 5.01 Å². The van der Waals surface area contributed by atoms with E-state index in [9.17, 15) is 0 Å². The second kappa shape index (κ2) is 3.08. The Morgan fingerprint density at radius 1 is 1.36 bits per heavy atom. The largest absolute Gasteiger partial charge is 0.250 e. The Bertz CT molecular complexity index is 438. The molecule has 14 heavy (non-hydrogen) atoms. The van der Waals surface area contributed by atoms with E-state index in [1.54, 1.807) is 11.3 Å². The minimum atomic E-state index is 0.885. The fourth-order valence-electron chi connectivity index (χ4n) is 1.62. The Labute approximate surface area is 86.0 Å². The van der Waals surface area contributed by atoms with Gasteiger partial charge in [-0.1, -0.05) is 18.2 Å². The van der Waals surface area contributed by atoms with Crippen LogP contribution in [0.1, 0.15) is 5.56 Å². The first-order valence-electron chi connectivity index (χ1n) is 4.46. The SMILES string of the molecule is c1ccc2c(c1)CNN2c1nccs1. The van der Waals surface area contributed by atoms with Gasteiger partial charge in [0.2, 0.25) is 5.13 Å². The Morgan fingerprint density at radius 2 is 2.29 bits per heavy atom. The van der Waals surface area contributed by atoms with Crippen molar-refractivity contribution in [2.45, 2.75) is 6.54 Å². The van der Waals surface area contributed by atoms with Crippen LogP contribution in [-0.2, 0) is 6.54 Å². The summed E-state index contributed by atoms with van der Waals surface area (Å²) in [5.41, 5.74) is 5.84. The molecule has 2 aromatic rings. The topological polar surface area (TPSA) is 28.2 Å². The molecule has 0 amide bonds. The van der Waals surface area contributed by atoms with E-state index in [0.29, 0.717) is 0 Å². The number of rotatable bonds is 1. The van der Waals surface area contributed by atoms with Gasteiger partial charge in [-0.05, 0) is 11.6 Å². The van der Waals surface area contributed by atoms with Crippen LogP contribution in [-0.4, -0.2) is 4.98 Å². The van der Waals surface area contributed by atoms with Crippen molar-refractivity contribution < 1.29 is 0 Å². The van der Waals surface area contributed by atoms with Gasteiger partial charge in [0.15, 0.2) is 0 Å². The molecule has 0 radical (unpaired) electrons. The van der Waals surface area contributed by atoms with Gasteiger partial charge >= 0.3 is 0 Å². The maximum atomic E-state index is 4.28. The molecule has 0 saturated carbocycles. The first kappa shape index (κ1) is 7.96. The summed E-state index contributed by atoms with van der Waals surface area (Å²) in [6.45, 7) is 0.885. The number of benzene rings is 1. The van der Waals surface area contributed by atoms with Crippen LogP contribution in [0.4, 0.5) is 10.8 Å². The number of hydrazine groups is 1. The van der Waals surface area contributed by atoms with Crippen LogP contribution in [0, 0.1) is 0 Å². The highest BCUT2D eigenvalue weighted by molar-refractivity contribution is 7.13. The third kappa shape index (κ3) is 1.12. The molecule has 1 aliphatic heterocycles. The van der Waals surface area contributed by atoms with E-state index in [1.807, 2.05) is 22.7 Å². The number of hydrogen-bond acceptors (Lipinski definition) is 4. The van der Waals surface area contributed by atoms with Gasteiger partial charge in [-0.15, -0.1) is 11.3 Å². The summed E-state index contributed by atoms with van der Waals surface area (Å²) in [4.78, 5) is 4.28. The minimum Gasteiger partial charge on any atom is -0.250 e. The van der Waals surface area contributed by atoms with Crippen LogP contribution in [0.25, 0.3) is 0 Å². The lowest BCUT2D eigenvalue weighted by molar-refractivity contribution is 0.763. The summed E-state index contributed by atoms with van der Waals surface area (Å²) in [5.74, 6) is 0. The molecule has 1 aliphatic rings. The lowest BCUT2D eigenvalue weighted by Gasteiger charge is -2.14. The van der Waals surface area contributed by atoms with E-state index in [-0.39, 0.29) is 0 Å². The molecule has 4 heteroatoms. The lowest BCUT2D eigenvalue weighted by Crippen LogP contribution is -2.26. The predicted octanol–water partition coefficient (Wildman–Crippen LogP) is 2.30. The molecule has 0 bridgehead atoms. The first-order valence-corrected chi connectivity index (χ1v) is 5.34. The summed E-state index contributed by atoms with van der Waals surface area (Å²) in [6.07, 6.45) is 1.82. The third-order valence-electron chi connectivity index (χ3n) is 2.27. The van der Waals surface area contributed by atoms with Crippen molar-refractivity contribution in [1.29, 1.82) is 0 Å². The maximum Gasteiger partial charge on any atom is 0.204 e. The lowest BCUT2D eigenvalue weighted by atomic mass is 10.2. The Morgan fingerprint density at radius 3 is 3.14 bits per heavy atom. The Kier molecular flexibility index (Phi) is 1.75. The molecule has 0 fully saturated rings. The number of hydrogen-bond donors (Lipinski definition) is 1. The van der Waals surface area contributed by atoms with Gasteiger partial charge in [0.25, 0.3) is 0 Å². The van der Waals surface area contributed by atoms with Gasteiger partial charge in [0.05, 0.1) is 5.69 Å². The number of anilines is 2. The molecule has 70 valence electrons. The van der Waals surface area contributed by atoms with Crippen molar-refractivity contribution in [3.8, 4) is 0 Å². The predicted molar refractivity (Wildman–Crippen MR) is 57.5 cm³/mol. The molecule has 0 atom stereocenters. The van der Waals surface area contributed by atoms with Crippen molar-refractivity contribution in [2.75, 3.05) is 5.01 Å². The van der Waals surface area contributed by atoms with Gasteiger partial charge in [0, 0.05) is 18.1 Å². The standard InChI is InChI=1S/C10H9N3S/c1-2-4-9-8(3-1)7-12-13(9)10-11-5-6-14-10/h1-6,12H,7H2. The average molecular weight is 203 g/mol. The van der Waals surface area contributed by atoms with E-state index >= 15 is 0 Å². The van der Waals surface area contributed by atoms with Gasteiger partial charge < -0.3 is 0 Å². The number of aromatic nitrogens is 1. The van der Waals surface area contributed by atoms with E-state index in [2.05, 4.69) is 28.6 Å². The van der Waals surface area contributed by atoms with Crippen molar-refractivity contribution in [3.05, 3.63) is 41.4 Å². The smallest absolute Gasteiger partial charge is 0.204 e.